The normalized spacial score (nSPS) is 10.3. The molecule has 0 aromatic carbocycles. The van der Waals surface area contributed by atoms with Gasteiger partial charge in [-0.15, -0.1) is 11.8 Å². The molecule has 0 aliphatic rings. The van der Waals surface area contributed by atoms with E-state index >= 15 is 0 Å². The number of thiol groups is 1. The Labute approximate surface area is 116 Å². The summed E-state index contributed by atoms with van der Waals surface area (Å²) in [6.45, 7) is 11.8. The number of ketones is 2. The van der Waals surface area contributed by atoms with Gasteiger partial charge in [-0.3, -0.25) is 14.3 Å². The SMILES string of the molecule is CC.CC.CC(=O)CC(SCCNS)C(C)=O. The van der Waals surface area contributed by atoms with Crippen LogP contribution in [0, 0.1) is 0 Å². The van der Waals surface area contributed by atoms with Crippen LogP contribution in [0.2, 0.25) is 0 Å². The lowest BCUT2D eigenvalue weighted by Crippen LogP contribution is -2.19. The third-order valence-electron chi connectivity index (χ3n) is 1.46. The molecule has 1 N–H and O–H groups in total. The first-order valence-corrected chi connectivity index (χ1v) is 7.56. The number of carbonyl (C=O) groups excluding carboxylic acids is 2. The standard InChI is InChI=1S/C8H15NO2S2.2C2H6/c1-6(10)5-8(7(2)11)13-4-3-9-12;2*1-2/h8-9,12H,3-5H2,1-2H3;2*1-2H3. The van der Waals surface area contributed by atoms with Crippen LogP contribution < -0.4 is 4.72 Å². The van der Waals surface area contributed by atoms with Gasteiger partial charge in [0.15, 0.2) is 0 Å². The topological polar surface area (TPSA) is 46.2 Å². The average Bonchev–Trinajstić information content (AvgIpc) is 2.32. The quantitative estimate of drug-likeness (QED) is 0.556. The summed E-state index contributed by atoms with van der Waals surface area (Å²) in [4.78, 5) is 21.9. The number of nitrogens with one attached hydrogen (secondary N) is 1. The van der Waals surface area contributed by atoms with Crippen molar-refractivity contribution in [3.05, 3.63) is 0 Å². The van der Waals surface area contributed by atoms with Crippen LogP contribution in [0.4, 0.5) is 0 Å². The number of rotatable bonds is 7. The Bertz CT molecular complexity index is 187. The highest BCUT2D eigenvalue weighted by Crippen LogP contribution is 2.15. The van der Waals surface area contributed by atoms with Gasteiger partial charge in [0, 0.05) is 18.7 Å². The van der Waals surface area contributed by atoms with Crippen LogP contribution >= 0.6 is 24.6 Å². The molecule has 0 heterocycles. The maximum absolute atomic E-state index is 11.1. The van der Waals surface area contributed by atoms with Crippen molar-refractivity contribution in [3.8, 4) is 0 Å². The molecule has 0 spiro atoms. The maximum atomic E-state index is 11.1. The lowest BCUT2D eigenvalue weighted by Gasteiger charge is -2.10. The maximum Gasteiger partial charge on any atom is 0.143 e. The second kappa shape index (κ2) is 18.4. The third kappa shape index (κ3) is 18.6. The van der Waals surface area contributed by atoms with Crippen molar-refractivity contribution in [2.75, 3.05) is 12.3 Å². The van der Waals surface area contributed by atoms with E-state index in [4.69, 9.17) is 0 Å². The van der Waals surface area contributed by atoms with E-state index in [0.29, 0.717) is 6.42 Å². The lowest BCUT2D eigenvalue weighted by molar-refractivity contribution is -0.121. The van der Waals surface area contributed by atoms with Gasteiger partial charge in [-0.25, -0.2) is 0 Å². The Balaban J connectivity index is -0.000000439. The first-order chi connectivity index (χ1) is 8.07. The van der Waals surface area contributed by atoms with Crippen LogP contribution in [-0.4, -0.2) is 29.1 Å². The molecule has 0 aliphatic carbocycles. The summed E-state index contributed by atoms with van der Waals surface area (Å²) < 4.78 is 2.69. The second-order valence-electron chi connectivity index (χ2n) is 2.78. The Hall–Kier alpha value is -0.0000000000000000555. The van der Waals surface area contributed by atoms with E-state index in [-0.39, 0.29) is 16.8 Å². The minimum atomic E-state index is -0.181. The smallest absolute Gasteiger partial charge is 0.143 e. The average molecular weight is 281 g/mol. The largest absolute Gasteiger partial charge is 0.300 e. The van der Waals surface area contributed by atoms with Crippen molar-refractivity contribution in [2.24, 2.45) is 0 Å². The molecule has 3 nitrogen and oxygen atoms in total. The van der Waals surface area contributed by atoms with E-state index in [9.17, 15) is 9.59 Å². The van der Waals surface area contributed by atoms with Gasteiger partial charge in [-0.05, 0) is 13.8 Å². The van der Waals surface area contributed by atoms with Crippen molar-refractivity contribution in [3.63, 3.8) is 0 Å². The zero-order chi connectivity index (χ0) is 14.3. The lowest BCUT2D eigenvalue weighted by atomic mass is 10.2. The van der Waals surface area contributed by atoms with Crippen LogP contribution in [-0.2, 0) is 9.59 Å². The molecule has 17 heavy (non-hydrogen) atoms. The van der Waals surface area contributed by atoms with Crippen LogP contribution in [0.15, 0.2) is 0 Å². The predicted molar refractivity (Wildman–Crippen MR) is 81.9 cm³/mol. The highest BCUT2D eigenvalue weighted by molar-refractivity contribution is 8.00. The van der Waals surface area contributed by atoms with E-state index in [1.807, 2.05) is 27.7 Å². The summed E-state index contributed by atoms with van der Waals surface area (Å²) in [5.41, 5.74) is 0. The number of hydrogen-bond acceptors (Lipinski definition) is 5. The van der Waals surface area contributed by atoms with Gasteiger partial charge in [0.1, 0.15) is 11.6 Å². The Morgan fingerprint density at radius 1 is 1.18 bits per heavy atom. The summed E-state index contributed by atoms with van der Waals surface area (Å²) >= 11 is 5.33. The highest BCUT2D eigenvalue weighted by atomic mass is 32.2. The Morgan fingerprint density at radius 3 is 1.94 bits per heavy atom. The van der Waals surface area contributed by atoms with Gasteiger partial charge in [0.05, 0.1) is 5.25 Å². The van der Waals surface area contributed by atoms with Crippen molar-refractivity contribution < 1.29 is 9.59 Å². The van der Waals surface area contributed by atoms with Crippen molar-refractivity contribution in [1.82, 2.24) is 4.72 Å². The summed E-state index contributed by atoms with van der Waals surface area (Å²) in [6, 6.07) is 0. The summed E-state index contributed by atoms with van der Waals surface area (Å²) in [5.74, 6) is 0.923. The van der Waals surface area contributed by atoms with Crippen LogP contribution in [0.3, 0.4) is 0 Å². The molecule has 0 aliphatic heterocycles. The monoisotopic (exact) mass is 281 g/mol. The zero-order valence-electron chi connectivity index (χ0n) is 11.9. The first kappa shape index (κ1) is 22.2. The molecule has 5 heteroatoms. The van der Waals surface area contributed by atoms with Gasteiger partial charge in [-0.1, -0.05) is 40.5 Å². The molecule has 0 saturated heterocycles. The summed E-state index contributed by atoms with van der Waals surface area (Å²) in [7, 11) is 0. The van der Waals surface area contributed by atoms with Gasteiger partial charge in [-0.2, -0.15) is 0 Å². The van der Waals surface area contributed by atoms with Gasteiger partial charge >= 0.3 is 0 Å². The van der Waals surface area contributed by atoms with Gasteiger partial charge in [0.25, 0.3) is 0 Å². The molecule has 0 fully saturated rings. The van der Waals surface area contributed by atoms with E-state index in [0.717, 1.165) is 12.3 Å². The Morgan fingerprint density at radius 2 is 1.65 bits per heavy atom. The molecule has 0 radical (unpaired) electrons. The molecule has 0 bridgehead atoms. The van der Waals surface area contributed by atoms with Crippen LogP contribution in [0.1, 0.15) is 48.0 Å². The van der Waals surface area contributed by atoms with Crippen LogP contribution in [0.25, 0.3) is 0 Å². The van der Waals surface area contributed by atoms with Crippen LogP contribution in [0.5, 0.6) is 0 Å². The molecule has 1 unspecified atom stereocenters. The molecule has 0 saturated carbocycles. The molecular weight excluding hydrogens is 254 g/mol. The number of carbonyl (C=O) groups is 2. The summed E-state index contributed by atoms with van der Waals surface area (Å²) in [5, 5.41) is -0.181. The summed E-state index contributed by atoms with van der Waals surface area (Å²) in [6.07, 6.45) is 0.340. The molecule has 1 atom stereocenters. The molecule has 0 aromatic heterocycles. The van der Waals surface area contributed by atoms with E-state index in [2.05, 4.69) is 17.5 Å². The number of thioether (sulfide) groups is 1. The van der Waals surface area contributed by atoms with Crippen molar-refractivity contribution in [2.45, 2.75) is 53.2 Å². The molecule has 0 amide bonds. The fraction of sp³-hybridized carbons (Fsp3) is 0.833. The van der Waals surface area contributed by atoms with E-state index < -0.39 is 0 Å². The highest BCUT2D eigenvalue weighted by Gasteiger charge is 2.15. The zero-order valence-corrected chi connectivity index (χ0v) is 13.6. The van der Waals surface area contributed by atoms with Gasteiger partial charge < -0.3 is 0 Å². The molecule has 104 valence electrons. The number of Topliss-reactive ketones (excluding diaryl/α,β-unsaturated/α-hetero) is 2. The minimum Gasteiger partial charge on any atom is -0.300 e. The van der Waals surface area contributed by atoms with E-state index in [1.165, 1.54) is 25.6 Å². The van der Waals surface area contributed by atoms with Crippen molar-refractivity contribution >= 4 is 36.1 Å². The molecule has 0 aromatic rings. The first-order valence-electron chi connectivity index (χ1n) is 6.06. The van der Waals surface area contributed by atoms with E-state index in [1.54, 1.807) is 0 Å². The number of hydrogen-bond donors (Lipinski definition) is 2. The fourth-order valence-corrected chi connectivity index (χ4v) is 2.18. The molecule has 0 rings (SSSR count). The third-order valence-corrected chi connectivity index (χ3v) is 3.02. The predicted octanol–water partition coefficient (Wildman–Crippen LogP) is 3.14. The van der Waals surface area contributed by atoms with Gasteiger partial charge in [0.2, 0.25) is 0 Å². The minimum absolute atomic E-state index is 0.0616. The Kier molecular flexibility index (Phi) is 24.0. The van der Waals surface area contributed by atoms with Crippen molar-refractivity contribution in [1.29, 1.82) is 0 Å². The fourth-order valence-electron chi connectivity index (χ4n) is 0.828. The second-order valence-corrected chi connectivity index (χ2v) is 4.41. The molecular formula is C12H27NO2S2.